The Morgan fingerprint density at radius 1 is 0.833 bits per heavy atom. The van der Waals surface area contributed by atoms with Gasteiger partial charge in [-0.2, -0.15) is 0 Å². The van der Waals surface area contributed by atoms with Crippen LogP contribution in [0.15, 0.2) is 134 Å². The van der Waals surface area contributed by atoms with E-state index in [2.05, 4.69) is 41.0 Å². The summed E-state index contributed by atoms with van der Waals surface area (Å²) in [5, 5.41) is 12.2. The van der Waals surface area contributed by atoms with Crippen molar-refractivity contribution < 1.29 is 19.3 Å². The summed E-state index contributed by atoms with van der Waals surface area (Å²) in [6.07, 6.45) is 1.32. The Morgan fingerprint density at radius 2 is 1.33 bits per heavy atom. The Hall–Kier alpha value is -4.07. The van der Waals surface area contributed by atoms with Crippen LogP contribution in [0.1, 0.15) is 48.0 Å². The molecule has 0 aliphatic carbocycles. The quantitative estimate of drug-likeness (QED) is 0.198. The van der Waals surface area contributed by atoms with Crippen LogP contribution >= 0.6 is 0 Å². The van der Waals surface area contributed by atoms with Crippen molar-refractivity contribution in [3.05, 3.63) is 162 Å². The van der Waals surface area contributed by atoms with E-state index in [4.69, 9.17) is 19.2 Å². The lowest BCUT2D eigenvalue weighted by Gasteiger charge is -2.40. The van der Waals surface area contributed by atoms with Crippen molar-refractivity contribution in [3.63, 3.8) is 0 Å². The molecule has 0 bridgehead atoms. The Bertz CT molecular complexity index is 1460. The van der Waals surface area contributed by atoms with Crippen LogP contribution in [0.25, 0.3) is 0 Å². The molecular formula is C36H36N2O4. The van der Waals surface area contributed by atoms with Gasteiger partial charge in [0.25, 0.3) is 0 Å². The van der Waals surface area contributed by atoms with Gasteiger partial charge in [-0.05, 0) is 36.1 Å². The Morgan fingerprint density at radius 3 is 1.81 bits per heavy atom. The molecule has 6 nitrogen and oxygen atoms in total. The minimum Gasteiger partial charge on any atom is -0.382 e. The van der Waals surface area contributed by atoms with E-state index in [1.54, 1.807) is 6.20 Å². The highest BCUT2D eigenvalue weighted by Gasteiger charge is 2.45. The van der Waals surface area contributed by atoms with Gasteiger partial charge in [-0.25, -0.2) is 4.98 Å². The van der Waals surface area contributed by atoms with Crippen molar-refractivity contribution in [1.82, 2.24) is 9.55 Å². The zero-order chi connectivity index (χ0) is 29.0. The summed E-state index contributed by atoms with van der Waals surface area (Å²) in [6.45, 7) is 4.36. The summed E-state index contributed by atoms with van der Waals surface area (Å²) >= 11 is 0. The van der Waals surface area contributed by atoms with Crippen LogP contribution in [-0.4, -0.2) is 39.3 Å². The lowest BCUT2D eigenvalue weighted by Crippen LogP contribution is -2.43. The molecule has 0 spiro atoms. The highest BCUT2D eigenvalue weighted by atomic mass is 16.7. The fourth-order valence-corrected chi connectivity index (χ4v) is 5.97. The molecule has 1 N–H and O–H groups in total. The molecule has 6 rings (SSSR count). The van der Waals surface area contributed by atoms with Crippen LogP contribution in [0, 0.1) is 0 Å². The van der Waals surface area contributed by atoms with Crippen molar-refractivity contribution in [3.8, 4) is 0 Å². The van der Waals surface area contributed by atoms with E-state index in [0.717, 1.165) is 22.3 Å². The molecular weight excluding hydrogens is 524 g/mol. The van der Waals surface area contributed by atoms with Gasteiger partial charge in [-0.3, -0.25) is 0 Å². The summed E-state index contributed by atoms with van der Waals surface area (Å²) in [4.78, 5) is 4.78. The van der Waals surface area contributed by atoms with Gasteiger partial charge in [0.1, 0.15) is 29.7 Å². The number of ether oxygens (including phenoxy) is 3. The van der Waals surface area contributed by atoms with Crippen LogP contribution in [0.4, 0.5) is 0 Å². The monoisotopic (exact) mass is 560 g/mol. The Labute approximate surface area is 247 Å². The third kappa shape index (κ3) is 5.42. The molecule has 6 heteroatoms. The number of aromatic nitrogens is 2. The molecule has 1 aliphatic heterocycles. The smallest absolute Gasteiger partial charge is 0.163 e. The van der Waals surface area contributed by atoms with E-state index in [1.165, 1.54) is 0 Å². The van der Waals surface area contributed by atoms with E-state index in [0.29, 0.717) is 19.0 Å². The summed E-state index contributed by atoms with van der Waals surface area (Å²) in [7, 11) is 0. The second-order valence-electron chi connectivity index (χ2n) is 11.0. The average Bonchev–Trinajstić information content (AvgIpc) is 3.66. The normalized spacial score (nSPS) is 18.0. The fourth-order valence-electron chi connectivity index (χ4n) is 5.97. The SMILES string of the molecule is CC1(C)OC[C@@H]([C@@H](OCc2ccccc2)[C@H](O)c2nccn2C(c2ccccc2)(c2ccccc2)c2ccccc2)O1. The van der Waals surface area contributed by atoms with Gasteiger partial charge in [0.2, 0.25) is 0 Å². The van der Waals surface area contributed by atoms with E-state index in [1.807, 2.05) is 105 Å². The summed E-state index contributed by atoms with van der Waals surface area (Å²) < 4.78 is 20.7. The zero-order valence-electron chi connectivity index (χ0n) is 23.9. The molecule has 0 radical (unpaired) electrons. The maximum absolute atomic E-state index is 12.2. The first kappa shape index (κ1) is 28.1. The van der Waals surface area contributed by atoms with E-state index >= 15 is 0 Å². The summed E-state index contributed by atoms with van der Waals surface area (Å²) in [5.74, 6) is -0.311. The molecule has 1 fully saturated rings. The number of rotatable bonds is 10. The van der Waals surface area contributed by atoms with Crippen LogP contribution in [0.2, 0.25) is 0 Å². The molecule has 3 atom stereocenters. The third-order valence-corrected chi connectivity index (χ3v) is 7.86. The van der Waals surface area contributed by atoms with Crippen LogP contribution in [0.3, 0.4) is 0 Å². The predicted octanol–water partition coefficient (Wildman–Crippen LogP) is 6.49. The minimum absolute atomic E-state index is 0.297. The largest absolute Gasteiger partial charge is 0.382 e. The predicted molar refractivity (Wildman–Crippen MR) is 162 cm³/mol. The number of imidazole rings is 1. The van der Waals surface area contributed by atoms with Gasteiger partial charge in [0.05, 0.1) is 13.2 Å². The highest BCUT2D eigenvalue weighted by Crippen LogP contribution is 2.43. The molecule has 1 aromatic heterocycles. The first-order valence-corrected chi connectivity index (χ1v) is 14.3. The molecule has 0 saturated carbocycles. The van der Waals surface area contributed by atoms with Crippen molar-refractivity contribution in [2.75, 3.05) is 6.61 Å². The second kappa shape index (κ2) is 12.0. The molecule has 214 valence electrons. The van der Waals surface area contributed by atoms with Crippen molar-refractivity contribution in [2.45, 2.75) is 50.1 Å². The number of benzene rings is 4. The number of aliphatic hydroxyl groups is 1. The summed E-state index contributed by atoms with van der Waals surface area (Å²) in [5.41, 5.74) is 3.29. The van der Waals surface area contributed by atoms with Crippen LogP contribution in [-0.2, 0) is 26.4 Å². The molecule has 1 aliphatic rings. The van der Waals surface area contributed by atoms with Gasteiger partial charge in [0, 0.05) is 12.4 Å². The molecule has 1 saturated heterocycles. The van der Waals surface area contributed by atoms with Crippen molar-refractivity contribution in [2.24, 2.45) is 0 Å². The maximum atomic E-state index is 12.2. The lowest BCUT2D eigenvalue weighted by atomic mass is 9.76. The number of aliphatic hydroxyl groups excluding tert-OH is 1. The average molecular weight is 561 g/mol. The maximum Gasteiger partial charge on any atom is 0.163 e. The fraction of sp³-hybridized carbons (Fsp3) is 0.250. The number of hydrogen-bond acceptors (Lipinski definition) is 5. The molecule has 2 heterocycles. The van der Waals surface area contributed by atoms with Gasteiger partial charge < -0.3 is 23.9 Å². The van der Waals surface area contributed by atoms with E-state index in [9.17, 15) is 5.11 Å². The van der Waals surface area contributed by atoms with Gasteiger partial charge in [0.15, 0.2) is 5.79 Å². The second-order valence-corrected chi connectivity index (χ2v) is 11.0. The topological polar surface area (TPSA) is 65.7 Å². The molecule has 4 aromatic carbocycles. The Balaban J connectivity index is 1.50. The van der Waals surface area contributed by atoms with Gasteiger partial charge >= 0.3 is 0 Å². The van der Waals surface area contributed by atoms with Crippen LogP contribution < -0.4 is 0 Å². The first-order valence-electron chi connectivity index (χ1n) is 14.3. The number of hydrogen-bond donors (Lipinski definition) is 1. The summed E-state index contributed by atoms with van der Waals surface area (Å²) in [6, 6.07) is 41.0. The minimum atomic E-state index is -1.12. The molecule has 0 amide bonds. The Kier molecular flexibility index (Phi) is 8.05. The van der Waals surface area contributed by atoms with Gasteiger partial charge in [-0.1, -0.05) is 121 Å². The number of nitrogens with zero attached hydrogens (tertiary/aromatic N) is 2. The first-order chi connectivity index (χ1) is 20.5. The zero-order valence-corrected chi connectivity index (χ0v) is 23.9. The van der Waals surface area contributed by atoms with Crippen molar-refractivity contribution in [1.29, 1.82) is 0 Å². The molecule has 0 unspecified atom stereocenters. The molecule has 5 aromatic rings. The van der Waals surface area contributed by atoms with E-state index < -0.39 is 29.6 Å². The van der Waals surface area contributed by atoms with E-state index in [-0.39, 0.29) is 0 Å². The van der Waals surface area contributed by atoms with Crippen molar-refractivity contribution >= 4 is 0 Å². The lowest BCUT2D eigenvalue weighted by molar-refractivity contribution is -0.173. The standard InChI is InChI=1S/C36H36N2O4/c1-35(2)41-26-31(42-35)33(40-25-27-15-7-3-8-16-27)32(39)34-37-23-24-38(34)36(28-17-9-4-10-18-28,29-19-11-5-12-20-29)30-21-13-6-14-22-30/h3-24,31-33,39H,25-26H2,1-2H3/t31-,32-,33+/m0/s1. The third-order valence-electron chi connectivity index (χ3n) is 7.86. The highest BCUT2D eigenvalue weighted by molar-refractivity contribution is 5.51. The molecule has 42 heavy (non-hydrogen) atoms. The van der Waals surface area contributed by atoms with Crippen LogP contribution in [0.5, 0.6) is 0 Å². The van der Waals surface area contributed by atoms with Gasteiger partial charge in [-0.15, -0.1) is 0 Å².